The highest BCUT2D eigenvalue weighted by molar-refractivity contribution is 5.42. The molecule has 1 aromatic carbocycles. The first kappa shape index (κ1) is 14.8. The van der Waals surface area contributed by atoms with Crippen LogP contribution in [0.2, 0.25) is 0 Å². The number of hydrogen-bond acceptors (Lipinski definition) is 4. The van der Waals surface area contributed by atoms with Gasteiger partial charge in [0.15, 0.2) is 11.5 Å². The molecule has 0 aliphatic heterocycles. The molecule has 0 heterocycles. The van der Waals surface area contributed by atoms with Gasteiger partial charge in [-0.2, -0.15) is 0 Å². The van der Waals surface area contributed by atoms with Crippen LogP contribution >= 0.6 is 0 Å². The Hall–Kier alpha value is -1.26. The molecule has 0 atom stereocenters. The van der Waals surface area contributed by atoms with Crippen LogP contribution in [0.1, 0.15) is 25.8 Å². The predicted octanol–water partition coefficient (Wildman–Crippen LogP) is 1.95. The summed E-state index contributed by atoms with van der Waals surface area (Å²) >= 11 is 0. The van der Waals surface area contributed by atoms with Gasteiger partial charge in [0.1, 0.15) is 0 Å². The summed E-state index contributed by atoms with van der Waals surface area (Å²) in [7, 11) is 1.60. The molecule has 0 spiro atoms. The molecule has 0 aromatic heterocycles. The van der Waals surface area contributed by atoms with Gasteiger partial charge in [0.2, 0.25) is 0 Å². The quantitative estimate of drug-likeness (QED) is 0.695. The molecule has 0 unspecified atom stereocenters. The second kappa shape index (κ2) is 7.95. The van der Waals surface area contributed by atoms with Crippen LogP contribution in [0, 0.1) is 0 Å². The first-order valence-corrected chi connectivity index (χ1v) is 6.31. The van der Waals surface area contributed by atoms with Crippen molar-refractivity contribution < 1.29 is 14.6 Å². The van der Waals surface area contributed by atoms with Gasteiger partial charge in [-0.05, 0) is 30.7 Å². The second-order valence-corrected chi connectivity index (χ2v) is 4.45. The van der Waals surface area contributed by atoms with Crippen molar-refractivity contribution >= 4 is 0 Å². The van der Waals surface area contributed by atoms with Crippen LogP contribution in [0.5, 0.6) is 11.5 Å². The maximum atomic E-state index is 9.04. The Morgan fingerprint density at radius 2 is 2.06 bits per heavy atom. The van der Waals surface area contributed by atoms with E-state index in [0.717, 1.165) is 24.3 Å². The summed E-state index contributed by atoms with van der Waals surface area (Å²) in [4.78, 5) is 0. The number of aliphatic hydroxyl groups is 1. The lowest BCUT2D eigenvalue weighted by atomic mass is 10.2. The highest BCUT2D eigenvalue weighted by atomic mass is 16.5. The van der Waals surface area contributed by atoms with Gasteiger partial charge in [-0.3, -0.25) is 0 Å². The largest absolute Gasteiger partial charge is 0.493 e. The molecule has 0 saturated carbocycles. The van der Waals surface area contributed by atoms with Gasteiger partial charge in [-0.1, -0.05) is 19.9 Å². The number of rotatable bonds is 8. The van der Waals surface area contributed by atoms with Crippen LogP contribution in [-0.2, 0) is 6.61 Å². The van der Waals surface area contributed by atoms with Crippen molar-refractivity contribution in [2.24, 2.45) is 0 Å². The lowest BCUT2D eigenvalue weighted by Crippen LogP contribution is -2.24. The zero-order valence-corrected chi connectivity index (χ0v) is 11.4. The average Bonchev–Trinajstić information content (AvgIpc) is 2.38. The number of ether oxygens (including phenoxy) is 2. The third-order valence-corrected chi connectivity index (χ3v) is 2.54. The van der Waals surface area contributed by atoms with Crippen molar-refractivity contribution in [1.82, 2.24) is 5.32 Å². The van der Waals surface area contributed by atoms with E-state index in [9.17, 15) is 0 Å². The van der Waals surface area contributed by atoms with Crippen molar-refractivity contribution in [3.63, 3.8) is 0 Å². The van der Waals surface area contributed by atoms with Crippen LogP contribution in [0.25, 0.3) is 0 Å². The zero-order valence-electron chi connectivity index (χ0n) is 11.4. The summed E-state index contributed by atoms with van der Waals surface area (Å²) < 4.78 is 10.9. The van der Waals surface area contributed by atoms with Crippen molar-refractivity contribution in [2.45, 2.75) is 32.9 Å². The Bertz CT molecular complexity index is 353. The fourth-order valence-corrected chi connectivity index (χ4v) is 1.57. The van der Waals surface area contributed by atoms with Gasteiger partial charge in [0.05, 0.1) is 20.3 Å². The van der Waals surface area contributed by atoms with Gasteiger partial charge < -0.3 is 19.9 Å². The Morgan fingerprint density at radius 3 is 2.67 bits per heavy atom. The van der Waals surface area contributed by atoms with Gasteiger partial charge in [0, 0.05) is 6.04 Å². The van der Waals surface area contributed by atoms with Crippen molar-refractivity contribution in [2.75, 3.05) is 20.3 Å². The number of benzene rings is 1. The van der Waals surface area contributed by atoms with Gasteiger partial charge in [0.25, 0.3) is 0 Å². The monoisotopic (exact) mass is 253 g/mol. The second-order valence-electron chi connectivity index (χ2n) is 4.45. The van der Waals surface area contributed by atoms with Crippen molar-refractivity contribution in [1.29, 1.82) is 0 Å². The average molecular weight is 253 g/mol. The third kappa shape index (κ3) is 4.94. The smallest absolute Gasteiger partial charge is 0.161 e. The van der Waals surface area contributed by atoms with E-state index in [-0.39, 0.29) is 6.61 Å². The molecular weight excluding hydrogens is 230 g/mol. The van der Waals surface area contributed by atoms with E-state index in [2.05, 4.69) is 19.2 Å². The molecule has 0 radical (unpaired) electrons. The molecule has 18 heavy (non-hydrogen) atoms. The molecule has 0 fully saturated rings. The minimum atomic E-state index is 0.00888. The van der Waals surface area contributed by atoms with Crippen LogP contribution in [0.4, 0.5) is 0 Å². The van der Waals surface area contributed by atoms with Crippen LogP contribution in [-0.4, -0.2) is 31.4 Å². The van der Waals surface area contributed by atoms with Crippen molar-refractivity contribution in [3.8, 4) is 11.5 Å². The SMILES string of the molecule is COc1cc(CO)ccc1OCCCNC(C)C. The van der Waals surface area contributed by atoms with E-state index in [1.165, 1.54) is 0 Å². The lowest BCUT2D eigenvalue weighted by molar-refractivity contribution is 0.275. The Kier molecular flexibility index (Phi) is 6.54. The van der Waals surface area contributed by atoms with E-state index in [1.54, 1.807) is 13.2 Å². The molecule has 4 heteroatoms. The minimum absolute atomic E-state index is 0.00888. The summed E-state index contributed by atoms with van der Waals surface area (Å²) in [6, 6.07) is 5.97. The molecular formula is C14H23NO3. The summed E-state index contributed by atoms with van der Waals surface area (Å²) in [5, 5.41) is 12.4. The standard InChI is InChI=1S/C14H23NO3/c1-11(2)15-7-4-8-18-13-6-5-12(10-16)9-14(13)17-3/h5-6,9,11,15-16H,4,7-8,10H2,1-3H3. The van der Waals surface area contributed by atoms with E-state index in [0.29, 0.717) is 18.4 Å². The summed E-state index contributed by atoms with van der Waals surface area (Å²) in [5.41, 5.74) is 0.820. The molecule has 4 nitrogen and oxygen atoms in total. The Balaban J connectivity index is 2.41. The topological polar surface area (TPSA) is 50.7 Å². The number of nitrogens with one attached hydrogen (secondary N) is 1. The molecule has 2 N–H and O–H groups in total. The highest BCUT2D eigenvalue weighted by Gasteiger charge is 2.05. The zero-order chi connectivity index (χ0) is 13.4. The molecule has 0 aliphatic rings. The summed E-state index contributed by atoms with van der Waals surface area (Å²) in [5.74, 6) is 1.39. The molecule has 102 valence electrons. The maximum Gasteiger partial charge on any atom is 0.161 e. The summed E-state index contributed by atoms with van der Waals surface area (Å²) in [6.45, 7) is 5.84. The molecule has 1 aromatic rings. The van der Waals surface area contributed by atoms with Crippen LogP contribution < -0.4 is 14.8 Å². The fourth-order valence-electron chi connectivity index (χ4n) is 1.57. The number of aliphatic hydroxyl groups excluding tert-OH is 1. The number of hydrogen-bond donors (Lipinski definition) is 2. The molecule has 0 amide bonds. The fraction of sp³-hybridized carbons (Fsp3) is 0.571. The Labute approximate surface area is 109 Å². The van der Waals surface area contributed by atoms with Gasteiger partial charge >= 0.3 is 0 Å². The molecule has 1 rings (SSSR count). The maximum absolute atomic E-state index is 9.04. The first-order valence-electron chi connectivity index (χ1n) is 6.31. The van der Waals surface area contributed by atoms with Crippen LogP contribution in [0.15, 0.2) is 18.2 Å². The Morgan fingerprint density at radius 1 is 1.28 bits per heavy atom. The van der Waals surface area contributed by atoms with E-state index >= 15 is 0 Å². The lowest BCUT2D eigenvalue weighted by Gasteiger charge is -2.12. The van der Waals surface area contributed by atoms with Crippen molar-refractivity contribution in [3.05, 3.63) is 23.8 Å². The molecule has 0 aliphatic carbocycles. The minimum Gasteiger partial charge on any atom is -0.493 e. The van der Waals surface area contributed by atoms with Gasteiger partial charge in [-0.25, -0.2) is 0 Å². The highest BCUT2D eigenvalue weighted by Crippen LogP contribution is 2.28. The molecule has 0 saturated heterocycles. The molecule has 0 bridgehead atoms. The van der Waals surface area contributed by atoms with Crippen LogP contribution in [0.3, 0.4) is 0 Å². The third-order valence-electron chi connectivity index (χ3n) is 2.54. The predicted molar refractivity (Wildman–Crippen MR) is 72.2 cm³/mol. The first-order chi connectivity index (χ1) is 8.67. The van der Waals surface area contributed by atoms with Gasteiger partial charge in [-0.15, -0.1) is 0 Å². The van der Waals surface area contributed by atoms with E-state index in [1.807, 2.05) is 12.1 Å². The number of methoxy groups -OCH3 is 1. The van der Waals surface area contributed by atoms with E-state index < -0.39 is 0 Å². The van der Waals surface area contributed by atoms with E-state index in [4.69, 9.17) is 14.6 Å². The summed E-state index contributed by atoms with van der Waals surface area (Å²) in [6.07, 6.45) is 0.948. The normalized spacial score (nSPS) is 10.7.